The lowest BCUT2D eigenvalue weighted by Gasteiger charge is -2.12. The fraction of sp³-hybridized carbons (Fsp3) is 0.400. The van der Waals surface area contributed by atoms with E-state index in [1.54, 1.807) is 0 Å². The van der Waals surface area contributed by atoms with Gasteiger partial charge in [0.2, 0.25) is 5.91 Å². The molecule has 16 heavy (non-hydrogen) atoms. The van der Waals surface area contributed by atoms with E-state index in [-0.39, 0.29) is 19.8 Å². The second-order valence-corrected chi connectivity index (χ2v) is 3.15. The Morgan fingerprint density at radius 1 is 1.62 bits per heavy atom. The van der Waals surface area contributed by atoms with E-state index >= 15 is 0 Å². The Kier molecular flexibility index (Phi) is 4.81. The molecule has 0 spiro atoms. The number of primary amides is 1. The minimum Gasteiger partial charge on any atom is -0.394 e. The van der Waals surface area contributed by atoms with E-state index in [9.17, 15) is 9.18 Å². The van der Waals surface area contributed by atoms with Crippen LogP contribution in [0, 0.1) is 5.82 Å². The zero-order chi connectivity index (χ0) is 12.0. The normalized spacial score (nSPS) is 12.4. The SMILES string of the molecule is NC(=O)C(COCCO)c1ccc(F)cn1. The highest BCUT2D eigenvalue weighted by molar-refractivity contribution is 5.81. The van der Waals surface area contributed by atoms with Crippen LogP contribution in [0.2, 0.25) is 0 Å². The van der Waals surface area contributed by atoms with Gasteiger partial charge < -0.3 is 15.6 Å². The smallest absolute Gasteiger partial charge is 0.228 e. The number of carbonyl (C=O) groups excluding carboxylic acids is 1. The standard InChI is InChI=1S/C10H13FN2O3/c11-7-1-2-9(13-5-7)8(10(12)15)6-16-4-3-14/h1-2,5,8,14H,3-4,6H2,(H2,12,15). The van der Waals surface area contributed by atoms with Crippen LogP contribution in [0.3, 0.4) is 0 Å². The first-order chi connectivity index (χ1) is 7.65. The summed E-state index contributed by atoms with van der Waals surface area (Å²) in [6.07, 6.45) is 1.01. The molecule has 1 aromatic heterocycles. The van der Waals surface area contributed by atoms with E-state index in [4.69, 9.17) is 15.6 Å². The predicted molar refractivity (Wildman–Crippen MR) is 54.0 cm³/mol. The number of ether oxygens (including phenoxy) is 1. The van der Waals surface area contributed by atoms with E-state index < -0.39 is 17.6 Å². The van der Waals surface area contributed by atoms with Gasteiger partial charge in [-0.1, -0.05) is 0 Å². The average molecular weight is 228 g/mol. The van der Waals surface area contributed by atoms with Gasteiger partial charge in [-0.15, -0.1) is 0 Å². The molecule has 0 aliphatic carbocycles. The van der Waals surface area contributed by atoms with Crippen molar-refractivity contribution in [2.45, 2.75) is 5.92 Å². The van der Waals surface area contributed by atoms with Gasteiger partial charge in [0.25, 0.3) is 0 Å². The number of halogens is 1. The number of aliphatic hydroxyl groups excluding tert-OH is 1. The molecule has 6 heteroatoms. The van der Waals surface area contributed by atoms with Crippen molar-refractivity contribution >= 4 is 5.91 Å². The molecular weight excluding hydrogens is 215 g/mol. The Morgan fingerprint density at radius 3 is 2.88 bits per heavy atom. The fourth-order valence-corrected chi connectivity index (χ4v) is 1.17. The Balaban J connectivity index is 2.69. The van der Waals surface area contributed by atoms with Crippen molar-refractivity contribution < 1.29 is 19.0 Å². The Hall–Kier alpha value is -1.53. The quantitative estimate of drug-likeness (QED) is 0.660. The molecule has 5 nitrogen and oxygen atoms in total. The molecule has 1 atom stereocenters. The summed E-state index contributed by atoms with van der Waals surface area (Å²) in [6.45, 7) is 0.00181. The van der Waals surface area contributed by atoms with Crippen molar-refractivity contribution in [1.82, 2.24) is 4.98 Å². The van der Waals surface area contributed by atoms with Gasteiger partial charge in [-0.25, -0.2) is 4.39 Å². The molecule has 0 bridgehead atoms. The van der Waals surface area contributed by atoms with Gasteiger partial charge >= 0.3 is 0 Å². The van der Waals surface area contributed by atoms with Crippen LogP contribution in [-0.2, 0) is 9.53 Å². The molecule has 1 aromatic rings. The third-order valence-corrected chi connectivity index (χ3v) is 1.97. The number of aliphatic hydroxyl groups is 1. The lowest BCUT2D eigenvalue weighted by Crippen LogP contribution is -2.26. The van der Waals surface area contributed by atoms with Crippen LogP contribution in [0.25, 0.3) is 0 Å². The molecule has 0 aromatic carbocycles. The van der Waals surface area contributed by atoms with E-state index in [2.05, 4.69) is 4.98 Å². The molecule has 0 radical (unpaired) electrons. The summed E-state index contributed by atoms with van der Waals surface area (Å²) >= 11 is 0. The second kappa shape index (κ2) is 6.14. The van der Waals surface area contributed by atoms with Crippen molar-refractivity contribution in [2.75, 3.05) is 19.8 Å². The summed E-state index contributed by atoms with van der Waals surface area (Å²) in [5.41, 5.74) is 5.53. The number of amides is 1. The van der Waals surface area contributed by atoms with Gasteiger partial charge in [-0.2, -0.15) is 0 Å². The molecule has 0 saturated heterocycles. The molecule has 1 amide bonds. The van der Waals surface area contributed by atoms with E-state index in [0.29, 0.717) is 5.69 Å². The third-order valence-electron chi connectivity index (χ3n) is 1.97. The summed E-state index contributed by atoms with van der Waals surface area (Å²) in [4.78, 5) is 14.9. The summed E-state index contributed by atoms with van der Waals surface area (Å²) in [5, 5.41) is 8.52. The maximum atomic E-state index is 12.6. The van der Waals surface area contributed by atoms with Crippen LogP contribution < -0.4 is 5.73 Å². The largest absolute Gasteiger partial charge is 0.394 e. The van der Waals surface area contributed by atoms with Gasteiger partial charge in [0.15, 0.2) is 0 Å². The Morgan fingerprint density at radius 2 is 2.38 bits per heavy atom. The molecule has 88 valence electrons. The topological polar surface area (TPSA) is 85.4 Å². The molecule has 1 heterocycles. The molecule has 1 rings (SSSR count). The number of pyridine rings is 1. The summed E-state index contributed by atoms with van der Waals surface area (Å²) in [7, 11) is 0. The maximum absolute atomic E-state index is 12.6. The number of hydrogen-bond donors (Lipinski definition) is 2. The van der Waals surface area contributed by atoms with Crippen LogP contribution in [0.1, 0.15) is 11.6 Å². The zero-order valence-corrected chi connectivity index (χ0v) is 8.60. The molecule has 0 saturated carbocycles. The van der Waals surface area contributed by atoms with E-state index in [1.165, 1.54) is 12.1 Å². The third kappa shape index (κ3) is 3.56. The monoisotopic (exact) mass is 228 g/mol. The molecule has 0 fully saturated rings. The minimum atomic E-state index is -0.729. The van der Waals surface area contributed by atoms with Crippen LogP contribution in [0.15, 0.2) is 18.3 Å². The second-order valence-electron chi connectivity index (χ2n) is 3.15. The van der Waals surface area contributed by atoms with Gasteiger partial charge in [0.1, 0.15) is 11.7 Å². The van der Waals surface area contributed by atoms with Gasteiger partial charge in [-0.05, 0) is 12.1 Å². The van der Waals surface area contributed by atoms with Crippen molar-refractivity contribution in [3.05, 3.63) is 29.8 Å². The van der Waals surface area contributed by atoms with E-state index in [0.717, 1.165) is 6.20 Å². The van der Waals surface area contributed by atoms with Crippen LogP contribution in [0.4, 0.5) is 4.39 Å². The first-order valence-corrected chi connectivity index (χ1v) is 4.74. The fourth-order valence-electron chi connectivity index (χ4n) is 1.17. The predicted octanol–water partition coefficient (Wildman–Crippen LogP) is -0.202. The van der Waals surface area contributed by atoms with Crippen LogP contribution >= 0.6 is 0 Å². The van der Waals surface area contributed by atoms with Crippen molar-refractivity contribution in [2.24, 2.45) is 5.73 Å². The maximum Gasteiger partial charge on any atom is 0.228 e. The zero-order valence-electron chi connectivity index (χ0n) is 8.60. The molecule has 1 unspecified atom stereocenters. The average Bonchev–Trinajstić information content (AvgIpc) is 2.26. The Bertz CT molecular complexity index is 342. The number of aromatic nitrogens is 1. The number of nitrogens with two attached hydrogens (primary N) is 1. The highest BCUT2D eigenvalue weighted by Gasteiger charge is 2.19. The number of nitrogens with zero attached hydrogens (tertiary/aromatic N) is 1. The number of carbonyl (C=O) groups is 1. The van der Waals surface area contributed by atoms with Gasteiger partial charge in [-0.3, -0.25) is 9.78 Å². The molecular formula is C10H13FN2O3. The lowest BCUT2D eigenvalue weighted by molar-refractivity contribution is -0.121. The highest BCUT2D eigenvalue weighted by atomic mass is 19.1. The van der Waals surface area contributed by atoms with E-state index in [1.807, 2.05) is 0 Å². The number of hydrogen-bond acceptors (Lipinski definition) is 4. The first kappa shape index (κ1) is 12.5. The molecule has 3 N–H and O–H groups in total. The Labute approximate surface area is 92.1 Å². The minimum absolute atomic E-state index is 0.0223. The number of rotatable bonds is 6. The molecule has 0 aliphatic heterocycles. The van der Waals surface area contributed by atoms with Gasteiger partial charge in [0.05, 0.1) is 31.7 Å². The summed E-state index contributed by atoms with van der Waals surface area (Å²) in [5.74, 6) is -1.81. The van der Waals surface area contributed by atoms with Gasteiger partial charge in [0, 0.05) is 0 Å². The highest BCUT2D eigenvalue weighted by Crippen LogP contribution is 2.13. The van der Waals surface area contributed by atoms with Crippen LogP contribution in [-0.4, -0.2) is 35.8 Å². The lowest BCUT2D eigenvalue weighted by atomic mass is 10.1. The first-order valence-electron chi connectivity index (χ1n) is 4.74. The summed E-state index contributed by atoms with van der Waals surface area (Å²) in [6, 6.07) is 2.58. The van der Waals surface area contributed by atoms with Crippen molar-refractivity contribution in [1.29, 1.82) is 0 Å². The summed E-state index contributed by atoms with van der Waals surface area (Å²) < 4.78 is 17.6. The van der Waals surface area contributed by atoms with Crippen LogP contribution in [0.5, 0.6) is 0 Å². The molecule has 0 aliphatic rings. The van der Waals surface area contributed by atoms with Crippen molar-refractivity contribution in [3.8, 4) is 0 Å². The van der Waals surface area contributed by atoms with Crippen molar-refractivity contribution in [3.63, 3.8) is 0 Å².